The lowest BCUT2D eigenvalue weighted by molar-refractivity contribution is -0.138. The Bertz CT molecular complexity index is 651. The molecule has 0 fully saturated rings. The summed E-state index contributed by atoms with van der Waals surface area (Å²) < 4.78 is 40.6. The van der Waals surface area contributed by atoms with Gasteiger partial charge in [-0.2, -0.15) is 13.2 Å². The van der Waals surface area contributed by atoms with Gasteiger partial charge in [0.2, 0.25) is 0 Å². The van der Waals surface area contributed by atoms with Crippen LogP contribution < -0.4 is 0 Å². The lowest BCUT2D eigenvalue weighted by Crippen LogP contribution is -2.20. The van der Waals surface area contributed by atoms with Crippen molar-refractivity contribution < 1.29 is 18.3 Å². The number of rotatable bonds is 2. The summed E-state index contributed by atoms with van der Waals surface area (Å²) in [5.74, 6) is 1.00. The third kappa shape index (κ3) is 2.65. The molecule has 2 aromatic rings. The summed E-state index contributed by atoms with van der Waals surface area (Å²) in [5.41, 5.74) is -0.536. The zero-order chi connectivity index (χ0) is 15.0. The molecule has 3 rings (SSSR count). The van der Waals surface area contributed by atoms with E-state index in [-0.39, 0.29) is 12.0 Å². The van der Waals surface area contributed by atoms with Crippen molar-refractivity contribution in [3.63, 3.8) is 0 Å². The minimum atomic E-state index is -4.40. The molecular weight excluding hydrogens is 283 g/mol. The van der Waals surface area contributed by atoms with Gasteiger partial charge in [-0.05, 0) is 24.5 Å². The zero-order valence-electron chi connectivity index (χ0n) is 11.1. The Labute approximate surface area is 119 Å². The largest absolute Gasteiger partial charge is 0.416 e. The van der Waals surface area contributed by atoms with Gasteiger partial charge in [0.1, 0.15) is 17.9 Å². The van der Waals surface area contributed by atoms with E-state index in [1.807, 2.05) is 0 Å². The minimum absolute atomic E-state index is 0.000255. The molecular formula is C14H14F3N3O. The standard InChI is InChI=1S/C14H14F3N3O/c15-14(16,17)10-5-2-1-4-9(10)8-12-19-18-11-6-3-7-13(21)20(11)12/h1-2,4-5,13,21H,3,6-8H2. The van der Waals surface area contributed by atoms with Gasteiger partial charge in [-0.15, -0.1) is 10.2 Å². The van der Waals surface area contributed by atoms with Gasteiger partial charge >= 0.3 is 6.18 Å². The van der Waals surface area contributed by atoms with Gasteiger partial charge in [-0.25, -0.2) is 0 Å². The highest BCUT2D eigenvalue weighted by Crippen LogP contribution is 2.33. The van der Waals surface area contributed by atoms with E-state index in [4.69, 9.17) is 0 Å². The van der Waals surface area contributed by atoms with Gasteiger partial charge in [-0.1, -0.05) is 18.2 Å². The summed E-state index contributed by atoms with van der Waals surface area (Å²) in [6.07, 6.45) is -3.10. The maximum Gasteiger partial charge on any atom is 0.416 e. The molecule has 1 aromatic heterocycles. The number of fused-ring (bicyclic) bond motifs is 1. The number of halogens is 3. The Morgan fingerprint density at radius 1 is 1.24 bits per heavy atom. The number of nitrogens with zero attached hydrogens (tertiary/aromatic N) is 3. The number of alkyl halides is 3. The number of aliphatic hydroxyl groups is 1. The van der Waals surface area contributed by atoms with Crippen molar-refractivity contribution in [1.82, 2.24) is 14.8 Å². The highest BCUT2D eigenvalue weighted by molar-refractivity contribution is 5.32. The van der Waals surface area contributed by atoms with Crippen LogP contribution >= 0.6 is 0 Å². The van der Waals surface area contributed by atoms with Gasteiger partial charge in [-0.3, -0.25) is 4.57 Å². The normalized spacial score (nSPS) is 18.6. The minimum Gasteiger partial charge on any atom is -0.373 e. The van der Waals surface area contributed by atoms with Crippen molar-refractivity contribution in [1.29, 1.82) is 0 Å². The highest BCUT2D eigenvalue weighted by atomic mass is 19.4. The van der Waals surface area contributed by atoms with E-state index >= 15 is 0 Å². The SMILES string of the molecule is OC1CCCc2nnc(Cc3ccccc3C(F)(F)F)n21. The van der Waals surface area contributed by atoms with Crippen molar-refractivity contribution in [2.45, 2.75) is 38.1 Å². The van der Waals surface area contributed by atoms with Crippen LogP contribution in [-0.4, -0.2) is 19.9 Å². The van der Waals surface area contributed by atoms with Gasteiger partial charge in [0.25, 0.3) is 0 Å². The maximum atomic E-state index is 13.0. The molecule has 2 heterocycles. The Kier molecular flexibility index (Phi) is 3.44. The van der Waals surface area contributed by atoms with Crippen LogP contribution in [0.15, 0.2) is 24.3 Å². The molecule has 1 atom stereocenters. The van der Waals surface area contributed by atoms with Crippen molar-refractivity contribution in [3.8, 4) is 0 Å². The highest BCUT2D eigenvalue weighted by Gasteiger charge is 2.33. The van der Waals surface area contributed by atoms with E-state index in [0.717, 1.165) is 12.5 Å². The monoisotopic (exact) mass is 297 g/mol. The molecule has 21 heavy (non-hydrogen) atoms. The second-order valence-electron chi connectivity index (χ2n) is 5.11. The number of hydrogen-bond acceptors (Lipinski definition) is 3. The topological polar surface area (TPSA) is 50.9 Å². The van der Waals surface area contributed by atoms with E-state index in [9.17, 15) is 18.3 Å². The van der Waals surface area contributed by atoms with Crippen LogP contribution in [-0.2, 0) is 19.0 Å². The van der Waals surface area contributed by atoms with Gasteiger partial charge in [0, 0.05) is 12.8 Å². The van der Waals surface area contributed by atoms with Crippen LogP contribution in [0.3, 0.4) is 0 Å². The summed E-state index contributed by atoms with van der Waals surface area (Å²) in [4.78, 5) is 0. The van der Waals surface area contributed by atoms with Crippen molar-refractivity contribution in [2.75, 3.05) is 0 Å². The fraction of sp³-hybridized carbons (Fsp3) is 0.429. The average Bonchev–Trinajstić information content (AvgIpc) is 2.83. The lowest BCUT2D eigenvalue weighted by atomic mass is 10.0. The molecule has 1 aromatic carbocycles. The first-order chi connectivity index (χ1) is 9.97. The number of aliphatic hydroxyl groups excluding tert-OH is 1. The maximum absolute atomic E-state index is 13.0. The predicted octanol–water partition coefficient (Wildman–Crippen LogP) is 2.71. The number of benzene rings is 1. The van der Waals surface area contributed by atoms with Crippen LogP contribution in [0, 0.1) is 0 Å². The molecule has 1 N–H and O–H groups in total. The molecule has 0 radical (unpaired) electrons. The van der Waals surface area contributed by atoms with E-state index in [2.05, 4.69) is 10.2 Å². The summed E-state index contributed by atoms with van der Waals surface area (Å²) in [5, 5.41) is 17.9. The Morgan fingerprint density at radius 2 is 2.00 bits per heavy atom. The molecule has 1 unspecified atom stereocenters. The second kappa shape index (κ2) is 5.14. The lowest BCUT2D eigenvalue weighted by Gasteiger charge is -2.21. The number of hydrogen-bond donors (Lipinski definition) is 1. The van der Waals surface area contributed by atoms with E-state index < -0.39 is 18.0 Å². The molecule has 7 heteroatoms. The Morgan fingerprint density at radius 3 is 2.76 bits per heavy atom. The molecule has 0 saturated carbocycles. The smallest absolute Gasteiger partial charge is 0.373 e. The van der Waals surface area contributed by atoms with Crippen molar-refractivity contribution in [3.05, 3.63) is 47.0 Å². The van der Waals surface area contributed by atoms with Gasteiger partial charge in [0.05, 0.1) is 5.56 Å². The van der Waals surface area contributed by atoms with Crippen molar-refractivity contribution >= 4 is 0 Å². The van der Waals surface area contributed by atoms with Crippen LogP contribution in [0.2, 0.25) is 0 Å². The van der Waals surface area contributed by atoms with Crippen molar-refractivity contribution in [2.24, 2.45) is 0 Å². The summed E-state index contributed by atoms with van der Waals surface area (Å²) in [6.45, 7) is 0. The molecule has 4 nitrogen and oxygen atoms in total. The zero-order valence-corrected chi connectivity index (χ0v) is 11.1. The number of aromatic nitrogens is 3. The van der Waals surface area contributed by atoms with Gasteiger partial charge in [0.15, 0.2) is 0 Å². The Hall–Kier alpha value is -1.89. The van der Waals surface area contributed by atoms with Crippen LogP contribution in [0.5, 0.6) is 0 Å². The molecule has 0 bridgehead atoms. The summed E-state index contributed by atoms with van der Waals surface area (Å²) >= 11 is 0. The predicted molar refractivity (Wildman–Crippen MR) is 68.5 cm³/mol. The second-order valence-corrected chi connectivity index (χ2v) is 5.11. The third-order valence-corrected chi connectivity index (χ3v) is 3.67. The molecule has 0 amide bonds. The van der Waals surface area contributed by atoms with Gasteiger partial charge < -0.3 is 5.11 Å². The van der Waals surface area contributed by atoms with E-state index in [1.165, 1.54) is 12.1 Å². The molecule has 0 saturated heterocycles. The molecule has 0 spiro atoms. The molecule has 0 aliphatic carbocycles. The fourth-order valence-electron chi connectivity index (χ4n) is 2.69. The van der Waals surface area contributed by atoms with E-state index in [0.29, 0.717) is 24.5 Å². The molecule has 112 valence electrons. The molecule has 1 aliphatic heterocycles. The first kappa shape index (κ1) is 14.1. The van der Waals surface area contributed by atoms with Crippen LogP contribution in [0.25, 0.3) is 0 Å². The first-order valence-corrected chi connectivity index (χ1v) is 6.72. The average molecular weight is 297 g/mol. The third-order valence-electron chi connectivity index (χ3n) is 3.67. The summed E-state index contributed by atoms with van der Waals surface area (Å²) in [7, 11) is 0. The van der Waals surface area contributed by atoms with Crippen LogP contribution in [0.1, 0.15) is 41.8 Å². The Balaban J connectivity index is 1.97. The molecule has 1 aliphatic rings. The van der Waals surface area contributed by atoms with E-state index in [1.54, 1.807) is 10.6 Å². The fourth-order valence-corrected chi connectivity index (χ4v) is 2.69. The van der Waals surface area contributed by atoms with Crippen LogP contribution in [0.4, 0.5) is 13.2 Å². The quantitative estimate of drug-likeness (QED) is 0.927. The summed E-state index contributed by atoms with van der Waals surface area (Å²) in [6, 6.07) is 5.41. The first-order valence-electron chi connectivity index (χ1n) is 6.72. The number of aryl methyl sites for hydroxylation is 1.